The lowest BCUT2D eigenvalue weighted by Gasteiger charge is -2.21. The fraction of sp³-hybridized carbons (Fsp3) is 0.360. The molecule has 35 heavy (non-hydrogen) atoms. The molecule has 1 aromatic heterocycles. The van der Waals surface area contributed by atoms with Crippen LogP contribution in [-0.4, -0.2) is 59.7 Å². The number of ether oxygens (including phenoxy) is 3. The first-order valence-corrected chi connectivity index (χ1v) is 11.7. The Morgan fingerprint density at radius 1 is 1.26 bits per heavy atom. The van der Waals surface area contributed by atoms with E-state index in [4.69, 9.17) is 30.3 Å². The number of halogens is 1. The monoisotopic (exact) mass is 501 g/mol. The summed E-state index contributed by atoms with van der Waals surface area (Å²) in [6.45, 7) is 5.60. The zero-order valence-corrected chi connectivity index (χ0v) is 20.3. The van der Waals surface area contributed by atoms with E-state index in [-0.39, 0.29) is 18.5 Å². The predicted octanol–water partition coefficient (Wildman–Crippen LogP) is 4.45. The van der Waals surface area contributed by atoms with Crippen LogP contribution in [0.15, 0.2) is 53.2 Å². The molecule has 0 radical (unpaired) electrons. The fourth-order valence-electron chi connectivity index (χ4n) is 3.78. The SMILES string of the molecule is Cc1ccc(NC(=O)Oc2cnoc2C)c(OCC(O)CN2CCC(Oc3ccc(Cl)cc3)C2)c1. The van der Waals surface area contributed by atoms with E-state index in [1.807, 2.05) is 25.1 Å². The van der Waals surface area contributed by atoms with Gasteiger partial charge in [-0.15, -0.1) is 0 Å². The highest BCUT2D eigenvalue weighted by atomic mass is 35.5. The number of benzene rings is 2. The molecule has 1 amide bonds. The molecular weight excluding hydrogens is 474 g/mol. The van der Waals surface area contributed by atoms with E-state index in [1.54, 1.807) is 31.2 Å². The topological polar surface area (TPSA) is 106 Å². The number of nitrogens with one attached hydrogen (secondary N) is 1. The molecule has 0 bridgehead atoms. The van der Waals surface area contributed by atoms with Gasteiger partial charge < -0.3 is 23.8 Å². The van der Waals surface area contributed by atoms with E-state index < -0.39 is 12.2 Å². The number of hydrogen-bond donors (Lipinski definition) is 2. The summed E-state index contributed by atoms with van der Waals surface area (Å²) in [6.07, 6.45) is 0.826. The normalized spacial score (nSPS) is 16.6. The Morgan fingerprint density at radius 2 is 2.06 bits per heavy atom. The van der Waals surface area contributed by atoms with Crippen LogP contribution in [0.3, 0.4) is 0 Å². The Balaban J connectivity index is 1.26. The molecule has 2 aromatic carbocycles. The van der Waals surface area contributed by atoms with Crippen molar-refractivity contribution in [2.45, 2.75) is 32.5 Å². The number of hydrogen-bond acceptors (Lipinski definition) is 8. The first kappa shape index (κ1) is 24.8. The molecule has 9 nitrogen and oxygen atoms in total. The molecule has 2 atom stereocenters. The Morgan fingerprint density at radius 3 is 2.80 bits per heavy atom. The number of aromatic nitrogens is 1. The van der Waals surface area contributed by atoms with Crippen LogP contribution in [-0.2, 0) is 0 Å². The van der Waals surface area contributed by atoms with Gasteiger partial charge in [0, 0.05) is 31.6 Å². The lowest BCUT2D eigenvalue weighted by molar-refractivity contribution is 0.0722. The molecular formula is C25H28ClN3O6. The van der Waals surface area contributed by atoms with Gasteiger partial charge >= 0.3 is 6.09 Å². The number of aliphatic hydroxyl groups is 1. The van der Waals surface area contributed by atoms with Crippen molar-refractivity contribution < 1.29 is 28.6 Å². The van der Waals surface area contributed by atoms with Crippen LogP contribution in [0.1, 0.15) is 17.7 Å². The third-order valence-corrected chi connectivity index (χ3v) is 5.78. The maximum absolute atomic E-state index is 12.3. The second-order valence-corrected chi connectivity index (χ2v) is 8.90. The summed E-state index contributed by atoms with van der Waals surface area (Å²) in [4.78, 5) is 14.4. The van der Waals surface area contributed by atoms with Gasteiger partial charge in [-0.3, -0.25) is 10.2 Å². The third-order valence-electron chi connectivity index (χ3n) is 5.53. The minimum Gasteiger partial charge on any atom is -0.489 e. The molecule has 0 aliphatic carbocycles. The summed E-state index contributed by atoms with van der Waals surface area (Å²) in [5.41, 5.74) is 1.38. The molecule has 2 heterocycles. The van der Waals surface area contributed by atoms with Gasteiger partial charge in [0.2, 0.25) is 0 Å². The number of amides is 1. The summed E-state index contributed by atoms with van der Waals surface area (Å²) < 4.78 is 22.0. The number of nitrogens with zero attached hydrogens (tertiary/aromatic N) is 2. The molecule has 0 saturated carbocycles. The standard InChI is InChI=1S/C25H28ClN3O6/c1-16-3-8-22(28-25(31)34-24-12-27-35-17(24)2)23(11-16)32-15-19(30)13-29-10-9-21(14-29)33-20-6-4-18(26)5-7-20/h3-8,11-12,19,21,30H,9-10,13-15H2,1-2H3,(H,28,31). The second-order valence-electron chi connectivity index (χ2n) is 8.47. The van der Waals surface area contributed by atoms with Crippen molar-refractivity contribution in [1.29, 1.82) is 0 Å². The Bertz CT molecular complexity index is 1140. The number of carbonyl (C=O) groups excluding carboxylic acids is 1. The second kappa shape index (κ2) is 11.4. The van der Waals surface area contributed by atoms with E-state index in [0.29, 0.717) is 35.3 Å². The van der Waals surface area contributed by atoms with Gasteiger partial charge in [-0.1, -0.05) is 22.8 Å². The molecule has 1 aliphatic heterocycles. The Hall–Kier alpha value is -3.27. The van der Waals surface area contributed by atoms with Gasteiger partial charge in [-0.2, -0.15) is 0 Å². The molecule has 1 saturated heterocycles. The molecule has 2 N–H and O–H groups in total. The Kier molecular flexibility index (Phi) is 8.12. The number of likely N-dealkylation sites (tertiary alicyclic amines) is 1. The summed E-state index contributed by atoms with van der Waals surface area (Å²) in [7, 11) is 0. The fourth-order valence-corrected chi connectivity index (χ4v) is 3.90. The van der Waals surface area contributed by atoms with E-state index in [1.165, 1.54) is 6.20 Å². The van der Waals surface area contributed by atoms with Gasteiger partial charge in [0.05, 0.1) is 5.69 Å². The lowest BCUT2D eigenvalue weighted by Crippen LogP contribution is -2.35. The van der Waals surface area contributed by atoms with Gasteiger partial charge in [0.25, 0.3) is 0 Å². The molecule has 10 heteroatoms. The predicted molar refractivity (Wildman–Crippen MR) is 130 cm³/mol. The van der Waals surface area contributed by atoms with Crippen molar-refractivity contribution in [3.63, 3.8) is 0 Å². The molecule has 0 spiro atoms. The molecule has 1 fully saturated rings. The zero-order chi connectivity index (χ0) is 24.8. The first-order chi connectivity index (χ1) is 16.9. The third kappa shape index (κ3) is 7.11. The average molecular weight is 502 g/mol. The van der Waals surface area contributed by atoms with Crippen LogP contribution in [0.25, 0.3) is 0 Å². The van der Waals surface area contributed by atoms with Gasteiger partial charge in [-0.25, -0.2) is 4.79 Å². The minimum absolute atomic E-state index is 0.0527. The van der Waals surface area contributed by atoms with E-state index >= 15 is 0 Å². The smallest absolute Gasteiger partial charge is 0.417 e. The van der Waals surface area contributed by atoms with Crippen molar-refractivity contribution in [3.05, 3.63) is 65.0 Å². The van der Waals surface area contributed by atoms with E-state index in [9.17, 15) is 9.90 Å². The first-order valence-electron chi connectivity index (χ1n) is 11.3. The van der Waals surface area contributed by atoms with Gasteiger partial charge in [0.15, 0.2) is 11.5 Å². The van der Waals surface area contributed by atoms with Crippen molar-refractivity contribution >= 4 is 23.4 Å². The summed E-state index contributed by atoms with van der Waals surface area (Å²) >= 11 is 5.92. The number of β-amino-alcohol motifs (C(OH)–C–C–N with tert-alkyl or cyclic N) is 1. The molecule has 186 valence electrons. The van der Waals surface area contributed by atoms with E-state index in [0.717, 1.165) is 24.3 Å². The number of rotatable bonds is 9. The largest absolute Gasteiger partial charge is 0.489 e. The number of aryl methyl sites for hydroxylation is 2. The summed E-state index contributed by atoms with van der Waals surface area (Å²) in [5, 5.41) is 17.5. The lowest BCUT2D eigenvalue weighted by atomic mass is 10.2. The number of anilines is 1. The van der Waals surface area contributed by atoms with Gasteiger partial charge in [0.1, 0.15) is 36.5 Å². The van der Waals surface area contributed by atoms with Crippen LogP contribution in [0.2, 0.25) is 5.02 Å². The quantitative estimate of drug-likeness (QED) is 0.443. The zero-order valence-electron chi connectivity index (χ0n) is 19.6. The molecule has 1 aliphatic rings. The van der Waals surface area contributed by atoms with Crippen LogP contribution >= 0.6 is 11.6 Å². The summed E-state index contributed by atoms with van der Waals surface area (Å²) in [6, 6.07) is 12.7. The Labute approximate surface area is 208 Å². The highest BCUT2D eigenvalue weighted by Crippen LogP contribution is 2.27. The average Bonchev–Trinajstić information content (AvgIpc) is 3.43. The van der Waals surface area contributed by atoms with Crippen molar-refractivity contribution in [2.24, 2.45) is 0 Å². The van der Waals surface area contributed by atoms with Crippen molar-refractivity contribution in [1.82, 2.24) is 10.1 Å². The van der Waals surface area contributed by atoms with E-state index in [2.05, 4.69) is 15.4 Å². The van der Waals surface area contributed by atoms with Crippen molar-refractivity contribution in [2.75, 3.05) is 31.6 Å². The maximum Gasteiger partial charge on any atom is 0.417 e. The number of aliphatic hydroxyl groups excluding tert-OH is 1. The highest BCUT2D eigenvalue weighted by molar-refractivity contribution is 6.30. The minimum atomic E-state index is -0.718. The molecule has 4 rings (SSSR count). The molecule has 2 unspecified atom stereocenters. The molecule has 3 aromatic rings. The van der Waals surface area contributed by atoms with Crippen LogP contribution < -0.4 is 19.5 Å². The summed E-state index contributed by atoms with van der Waals surface area (Å²) in [5.74, 6) is 1.85. The van der Waals surface area contributed by atoms with Crippen molar-refractivity contribution in [3.8, 4) is 17.2 Å². The van der Waals surface area contributed by atoms with Crippen LogP contribution in [0.4, 0.5) is 10.5 Å². The highest BCUT2D eigenvalue weighted by Gasteiger charge is 2.26. The maximum atomic E-state index is 12.3. The van der Waals surface area contributed by atoms with Crippen LogP contribution in [0.5, 0.6) is 17.2 Å². The van der Waals surface area contributed by atoms with Crippen LogP contribution in [0, 0.1) is 13.8 Å². The number of carbonyl (C=O) groups is 1. The van der Waals surface area contributed by atoms with Gasteiger partial charge in [-0.05, 0) is 55.3 Å².